The Labute approximate surface area is 164 Å². The summed E-state index contributed by atoms with van der Waals surface area (Å²) in [6, 6.07) is 0. The normalized spacial score (nSPS) is 11.8. The van der Waals surface area contributed by atoms with Crippen molar-refractivity contribution in [3.63, 3.8) is 0 Å². The maximum absolute atomic E-state index is 10.4. The SMILES string of the molecule is CCCCCC(I)(I)CCCCCCCCCCCC(=O)O. The van der Waals surface area contributed by atoms with Crippen molar-refractivity contribution < 1.29 is 9.90 Å². The fourth-order valence-corrected chi connectivity index (χ4v) is 4.18. The highest BCUT2D eigenvalue weighted by Crippen LogP contribution is 2.38. The Morgan fingerprint density at radius 1 is 0.773 bits per heavy atom. The summed E-state index contributed by atoms with van der Waals surface area (Å²) in [6.07, 6.45) is 18.3. The van der Waals surface area contributed by atoms with Gasteiger partial charge in [0.25, 0.3) is 0 Å². The number of unbranched alkanes of at least 4 members (excludes halogenated alkanes) is 10. The lowest BCUT2D eigenvalue weighted by Gasteiger charge is -2.20. The summed E-state index contributed by atoms with van der Waals surface area (Å²) in [4.78, 5) is 10.4. The molecule has 0 atom stereocenters. The number of hydrogen-bond acceptors (Lipinski definition) is 1. The van der Waals surface area contributed by atoms with Gasteiger partial charge in [0.05, 0.1) is 1.43 Å². The van der Waals surface area contributed by atoms with E-state index in [-0.39, 0.29) is 0 Å². The van der Waals surface area contributed by atoms with Crippen LogP contribution in [0.25, 0.3) is 0 Å². The minimum Gasteiger partial charge on any atom is -0.481 e. The van der Waals surface area contributed by atoms with E-state index in [4.69, 9.17) is 5.11 Å². The van der Waals surface area contributed by atoms with Gasteiger partial charge in [0.15, 0.2) is 0 Å². The molecule has 4 heteroatoms. The second-order valence-electron chi connectivity index (χ2n) is 6.39. The molecule has 132 valence electrons. The van der Waals surface area contributed by atoms with Gasteiger partial charge in [-0.15, -0.1) is 0 Å². The number of carbonyl (C=O) groups is 1. The smallest absolute Gasteiger partial charge is 0.303 e. The highest BCUT2D eigenvalue weighted by Gasteiger charge is 2.20. The molecule has 0 rings (SSSR count). The second-order valence-corrected chi connectivity index (χ2v) is 12.6. The van der Waals surface area contributed by atoms with Crippen LogP contribution in [0.2, 0.25) is 0 Å². The van der Waals surface area contributed by atoms with E-state index in [9.17, 15) is 4.79 Å². The van der Waals surface area contributed by atoms with E-state index >= 15 is 0 Å². The summed E-state index contributed by atoms with van der Waals surface area (Å²) in [5, 5.41) is 8.55. The molecular formula is C18H34I2O2. The Bertz CT molecular complexity index is 268. The van der Waals surface area contributed by atoms with Crippen molar-refractivity contribution in [1.29, 1.82) is 0 Å². The molecule has 0 spiro atoms. The molecule has 0 unspecified atom stereocenters. The fourth-order valence-electron chi connectivity index (χ4n) is 2.66. The molecule has 0 fully saturated rings. The summed E-state index contributed by atoms with van der Waals surface area (Å²) < 4.78 is 0.481. The minimum absolute atomic E-state index is 0.340. The monoisotopic (exact) mass is 536 g/mol. The summed E-state index contributed by atoms with van der Waals surface area (Å²) in [7, 11) is 0. The number of aliphatic carboxylic acids is 1. The first kappa shape index (κ1) is 22.9. The van der Waals surface area contributed by atoms with Crippen LogP contribution in [0.3, 0.4) is 0 Å². The van der Waals surface area contributed by atoms with Crippen LogP contribution in [0.4, 0.5) is 0 Å². The zero-order valence-corrected chi connectivity index (χ0v) is 18.5. The van der Waals surface area contributed by atoms with Crippen LogP contribution in [0.1, 0.15) is 103 Å². The van der Waals surface area contributed by atoms with Gasteiger partial charge in [-0.1, -0.05) is 123 Å². The first-order chi connectivity index (χ1) is 10.5. The van der Waals surface area contributed by atoms with E-state index in [1.807, 2.05) is 0 Å². The van der Waals surface area contributed by atoms with E-state index < -0.39 is 5.97 Å². The highest BCUT2D eigenvalue weighted by molar-refractivity contribution is 14.2. The highest BCUT2D eigenvalue weighted by atomic mass is 127. The van der Waals surface area contributed by atoms with Crippen LogP contribution in [0, 0.1) is 0 Å². The summed E-state index contributed by atoms with van der Waals surface area (Å²) in [6.45, 7) is 2.27. The van der Waals surface area contributed by atoms with Gasteiger partial charge in [0.2, 0.25) is 0 Å². The Morgan fingerprint density at radius 3 is 1.64 bits per heavy atom. The molecule has 0 radical (unpaired) electrons. The maximum Gasteiger partial charge on any atom is 0.303 e. The largest absolute Gasteiger partial charge is 0.481 e. The predicted molar refractivity (Wildman–Crippen MR) is 113 cm³/mol. The van der Waals surface area contributed by atoms with Crippen LogP contribution in [0.5, 0.6) is 0 Å². The van der Waals surface area contributed by atoms with Crippen molar-refractivity contribution in [2.75, 3.05) is 0 Å². The Hall–Kier alpha value is 0.930. The molecule has 2 nitrogen and oxygen atoms in total. The van der Waals surface area contributed by atoms with Gasteiger partial charge in [-0.2, -0.15) is 0 Å². The summed E-state index contributed by atoms with van der Waals surface area (Å²) >= 11 is 5.30. The van der Waals surface area contributed by atoms with E-state index in [0.29, 0.717) is 7.85 Å². The van der Waals surface area contributed by atoms with Gasteiger partial charge in [0.1, 0.15) is 0 Å². The minimum atomic E-state index is -0.656. The molecule has 22 heavy (non-hydrogen) atoms. The molecule has 0 heterocycles. The van der Waals surface area contributed by atoms with E-state index in [0.717, 1.165) is 12.8 Å². The number of alkyl halides is 2. The molecule has 0 saturated carbocycles. The number of halogens is 2. The summed E-state index contributed by atoms with van der Waals surface area (Å²) in [5.41, 5.74) is 0. The van der Waals surface area contributed by atoms with Gasteiger partial charge in [0, 0.05) is 6.42 Å². The number of carboxylic acid groups (broad SMARTS) is 1. The lowest BCUT2D eigenvalue weighted by Crippen LogP contribution is -2.10. The molecule has 0 aliphatic carbocycles. The zero-order chi connectivity index (χ0) is 16.7. The zero-order valence-electron chi connectivity index (χ0n) is 14.2. The van der Waals surface area contributed by atoms with E-state index in [1.54, 1.807) is 0 Å². The third kappa shape index (κ3) is 17.3. The summed E-state index contributed by atoms with van der Waals surface area (Å²) in [5.74, 6) is -0.656. The molecule has 0 aromatic heterocycles. The molecule has 0 saturated heterocycles. The van der Waals surface area contributed by atoms with Gasteiger partial charge in [-0.25, -0.2) is 0 Å². The molecular weight excluding hydrogens is 502 g/mol. The number of rotatable bonds is 16. The van der Waals surface area contributed by atoms with Crippen LogP contribution in [-0.2, 0) is 4.79 Å². The molecule has 0 aromatic carbocycles. The van der Waals surface area contributed by atoms with Crippen molar-refractivity contribution in [3.05, 3.63) is 0 Å². The van der Waals surface area contributed by atoms with E-state index in [1.165, 1.54) is 77.0 Å². The van der Waals surface area contributed by atoms with E-state index in [2.05, 4.69) is 52.1 Å². The number of carboxylic acids is 1. The Kier molecular flexibility index (Phi) is 16.1. The van der Waals surface area contributed by atoms with Crippen molar-refractivity contribution in [1.82, 2.24) is 0 Å². The average molecular weight is 536 g/mol. The van der Waals surface area contributed by atoms with Crippen molar-refractivity contribution in [2.24, 2.45) is 0 Å². The average Bonchev–Trinajstić information content (AvgIpc) is 2.44. The van der Waals surface area contributed by atoms with Crippen LogP contribution in [0.15, 0.2) is 0 Å². The molecule has 0 amide bonds. The first-order valence-electron chi connectivity index (χ1n) is 9.07. The topological polar surface area (TPSA) is 37.3 Å². The van der Waals surface area contributed by atoms with Gasteiger partial charge < -0.3 is 5.11 Å². The van der Waals surface area contributed by atoms with Crippen LogP contribution in [-0.4, -0.2) is 12.5 Å². The maximum atomic E-state index is 10.4. The van der Waals surface area contributed by atoms with Crippen LogP contribution >= 0.6 is 45.2 Å². The van der Waals surface area contributed by atoms with Crippen molar-refractivity contribution in [3.8, 4) is 0 Å². The predicted octanol–water partition coefficient (Wildman–Crippen LogP) is 7.51. The van der Waals surface area contributed by atoms with Crippen molar-refractivity contribution >= 4 is 51.2 Å². The first-order valence-corrected chi connectivity index (χ1v) is 11.2. The van der Waals surface area contributed by atoms with Crippen molar-refractivity contribution in [2.45, 2.75) is 105 Å². The fraction of sp³-hybridized carbons (Fsp3) is 0.944. The standard InChI is InChI=1S/C18H34I2O2/c1-2-3-12-15-18(19,20)16-13-10-8-6-4-5-7-9-11-14-17(21)22/h2-16H2,1H3,(H,21,22). The molecule has 0 aliphatic heterocycles. The molecule has 0 bridgehead atoms. The third-order valence-electron chi connectivity index (χ3n) is 4.08. The van der Waals surface area contributed by atoms with Gasteiger partial charge >= 0.3 is 5.97 Å². The molecule has 0 aromatic rings. The lowest BCUT2D eigenvalue weighted by atomic mass is 10.0. The Balaban J connectivity index is 3.27. The quantitative estimate of drug-likeness (QED) is 0.126. The number of hydrogen-bond donors (Lipinski definition) is 1. The lowest BCUT2D eigenvalue weighted by molar-refractivity contribution is -0.137. The Morgan fingerprint density at radius 2 is 1.18 bits per heavy atom. The second kappa shape index (κ2) is 15.5. The van der Waals surface area contributed by atoms with Gasteiger partial charge in [-0.05, 0) is 19.3 Å². The molecule has 0 aliphatic rings. The van der Waals surface area contributed by atoms with Gasteiger partial charge in [-0.3, -0.25) is 4.79 Å². The van der Waals surface area contributed by atoms with Crippen LogP contribution < -0.4 is 0 Å². The molecule has 1 N–H and O–H groups in total. The third-order valence-corrected chi connectivity index (χ3v) is 6.24.